The van der Waals surface area contributed by atoms with Gasteiger partial charge in [-0.15, -0.1) is 0 Å². The normalized spacial score (nSPS) is 11.0. The van der Waals surface area contributed by atoms with Crippen LogP contribution in [0.25, 0.3) is 22.0 Å². The quantitative estimate of drug-likeness (QED) is 0.580. The first-order valence-corrected chi connectivity index (χ1v) is 8.36. The topological polar surface area (TPSA) is 74.4 Å². The van der Waals surface area contributed by atoms with E-state index in [0.29, 0.717) is 20.6 Å². The highest BCUT2D eigenvalue weighted by atomic mass is 35.5. The zero-order valence-corrected chi connectivity index (χ0v) is 13.9. The van der Waals surface area contributed by atoms with Gasteiger partial charge < -0.3 is 4.98 Å². The molecule has 0 unspecified atom stereocenters. The second-order valence-corrected chi connectivity index (χ2v) is 6.54. The number of halogens is 1. The van der Waals surface area contributed by atoms with Crippen LogP contribution >= 0.6 is 23.4 Å². The van der Waals surface area contributed by atoms with Crippen molar-refractivity contribution in [3.8, 4) is 11.1 Å². The van der Waals surface area contributed by atoms with Crippen molar-refractivity contribution in [2.75, 3.05) is 0 Å². The molecule has 5 nitrogen and oxygen atoms in total. The van der Waals surface area contributed by atoms with Gasteiger partial charge >= 0.3 is 0 Å². The maximum absolute atomic E-state index is 12.7. The Hall–Kier alpha value is -2.57. The molecule has 24 heavy (non-hydrogen) atoms. The fraction of sp³-hybridized carbons (Fsp3) is 0. The Morgan fingerprint density at radius 1 is 1.08 bits per heavy atom. The van der Waals surface area contributed by atoms with Crippen LogP contribution < -0.4 is 5.56 Å². The van der Waals surface area contributed by atoms with Gasteiger partial charge in [0.15, 0.2) is 5.16 Å². The number of benzene rings is 2. The maximum Gasteiger partial charge on any atom is 0.263 e. The fourth-order valence-corrected chi connectivity index (χ4v) is 3.62. The number of hydrogen-bond donors (Lipinski definition) is 2. The molecule has 4 rings (SSSR count). The average molecular weight is 355 g/mol. The van der Waals surface area contributed by atoms with E-state index in [0.717, 1.165) is 16.5 Å². The van der Waals surface area contributed by atoms with E-state index in [4.69, 9.17) is 11.6 Å². The van der Waals surface area contributed by atoms with E-state index in [-0.39, 0.29) is 5.56 Å². The molecule has 2 aromatic heterocycles. The van der Waals surface area contributed by atoms with Gasteiger partial charge in [-0.25, -0.2) is 4.98 Å². The van der Waals surface area contributed by atoms with Gasteiger partial charge in [-0.3, -0.25) is 9.89 Å². The summed E-state index contributed by atoms with van der Waals surface area (Å²) < 4.78 is 0. The minimum atomic E-state index is -0.190. The lowest BCUT2D eigenvalue weighted by atomic mass is 10.0. The Bertz CT molecular complexity index is 1060. The van der Waals surface area contributed by atoms with Crippen molar-refractivity contribution >= 4 is 34.3 Å². The summed E-state index contributed by atoms with van der Waals surface area (Å²) in [5, 5.41) is 8.68. The number of H-pyrrole nitrogens is 2. The summed E-state index contributed by atoms with van der Waals surface area (Å²) in [5.41, 5.74) is 2.32. The number of aromatic nitrogens is 4. The number of hydrogen-bond acceptors (Lipinski definition) is 4. The van der Waals surface area contributed by atoms with Crippen LogP contribution in [-0.2, 0) is 0 Å². The lowest BCUT2D eigenvalue weighted by molar-refractivity contribution is 0.971. The first-order chi connectivity index (χ1) is 11.7. The largest absolute Gasteiger partial charge is 0.321 e. The second-order valence-electron chi connectivity index (χ2n) is 5.11. The molecule has 0 atom stereocenters. The van der Waals surface area contributed by atoms with Crippen molar-refractivity contribution in [2.45, 2.75) is 10.1 Å². The van der Waals surface area contributed by atoms with Crippen molar-refractivity contribution in [1.29, 1.82) is 0 Å². The maximum atomic E-state index is 12.7. The Morgan fingerprint density at radius 3 is 2.67 bits per heavy atom. The zero-order chi connectivity index (χ0) is 16.5. The first kappa shape index (κ1) is 15.0. The lowest BCUT2D eigenvalue weighted by Crippen LogP contribution is -2.10. The first-order valence-electron chi connectivity index (χ1n) is 7.16. The summed E-state index contributed by atoms with van der Waals surface area (Å²) in [7, 11) is 0. The molecule has 2 heterocycles. The Labute approximate surface area is 146 Å². The van der Waals surface area contributed by atoms with E-state index in [1.807, 2.05) is 42.5 Å². The fourth-order valence-electron chi connectivity index (χ4n) is 2.58. The molecular weight excluding hydrogens is 344 g/mol. The van der Waals surface area contributed by atoms with Crippen LogP contribution in [0.1, 0.15) is 0 Å². The van der Waals surface area contributed by atoms with E-state index in [1.165, 1.54) is 18.1 Å². The number of aromatic amines is 2. The van der Waals surface area contributed by atoms with Crippen molar-refractivity contribution in [3.05, 3.63) is 70.2 Å². The molecule has 0 saturated carbocycles. The molecule has 0 radical (unpaired) electrons. The molecule has 0 aliphatic carbocycles. The third-order valence-corrected chi connectivity index (χ3v) is 4.81. The van der Waals surface area contributed by atoms with Gasteiger partial charge in [0.1, 0.15) is 6.33 Å². The van der Waals surface area contributed by atoms with Crippen molar-refractivity contribution in [2.24, 2.45) is 0 Å². The van der Waals surface area contributed by atoms with Gasteiger partial charge in [-0.05, 0) is 29.5 Å². The Morgan fingerprint density at radius 2 is 1.92 bits per heavy atom. The van der Waals surface area contributed by atoms with E-state index >= 15 is 0 Å². The van der Waals surface area contributed by atoms with Crippen LogP contribution in [0.5, 0.6) is 0 Å². The van der Waals surface area contributed by atoms with Crippen molar-refractivity contribution in [1.82, 2.24) is 20.2 Å². The number of pyridine rings is 1. The predicted octanol–water partition coefficient (Wildman–Crippen LogP) is 4.12. The molecule has 2 aromatic carbocycles. The molecule has 0 fully saturated rings. The highest BCUT2D eigenvalue weighted by Gasteiger charge is 2.17. The monoisotopic (exact) mass is 354 g/mol. The second kappa shape index (κ2) is 6.14. The lowest BCUT2D eigenvalue weighted by Gasteiger charge is -2.12. The summed E-state index contributed by atoms with van der Waals surface area (Å²) in [6.45, 7) is 0. The van der Waals surface area contributed by atoms with E-state index in [9.17, 15) is 4.79 Å². The van der Waals surface area contributed by atoms with Crippen LogP contribution in [0.4, 0.5) is 0 Å². The predicted molar refractivity (Wildman–Crippen MR) is 95.5 cm³/mol. The van der Waals surface area contributed by atoms with Gasteiger partial charge in [0, 0.05) is 16.0 Å². The molecule has 0 spiro atoms. The van der Waals surface area contributed by atoms with Crippen molar-refractivity contribution in [3.63, 3.8) is 0 Å². The number of nitrogens with one attached hydrogen (secondary N) is 2. The highest BCUT2D eigenvalue weighted by Crippen LogP contribution is 2.36. The number of nitrogens with zero attached hydrogens (tertiary/aromatic N) is 2. The minimum Gasteiger partial charge on any atom is -0.321 e. The average Bonchev–Trinajstić information content (AvgIpc) is 3.09. The summed E-state index contributed by atoms with van der Waals surface area (Å²) in [4.78, 5) is 20.2. The van der Waals surface area contributed by atoms with Crippen LogP contribution in [0.3, 0.4) is 0 Å². The molecule has 0 aliphatic rings. The summed E-state index contributed by atoms with van der Waals surface area (Å²) in [5.74, 6) is 0. The molecule has 0 aliphatic heterocycles. The van der Waals surface area contributed by atoms with E-state index < -0.39 is 0 Å². The van der Waals surface area contributed by atoms with Gasteiger partial charge in [-0.2, -0.15) is 5.10 Å². The summed E-state index contributed by atoms with van der Waals surface area (Å²) >= 11 is 7.33. The Balaban J connectivity index is 2.05. The van der Waals surface area contributed by atoms with Crippen molar-refractivity contribution < 1.29 is 0 Å². The molecule has 2 N–H and O–H groups in total. The van der Waals surface area contributed by atoms with E-state index in [2.05, 4.69) is 20.2 Å². The smallest absolute Gasteiger partial charge is 0.263 e. The minimum absolute atomic E-state index is 0.190. The molecule has 7 heteroatoms. The molecule has 4 aromatic rings. The van der Waals surface area contributed by atoms with E-state index in [1.54, 1.807) is 6.07 Å². The van der Waals surface area contributed by atoms with Crippen LogP contribution in [0, 0.1) is 0 Å². The van der Waals surface area contributed by atoms with Crippen LogP contribution in [0.15, 0.2) is 69.7 Å². The van der Waals surface area contributed by atoms with Gasteiger partial charge in [0.25, 0.3) is 5.56 Å². The summed E-state index contributed by atoms with van der Waals surface area (Å²) in [6.07, 6.45) is 1.42. The molecule has 0 bridgehead atoms. The third-order valence-electron chi connectivity index (χ3n) is 3.59. The zero-order valence-electron chi connectivity index (χ0n) is 12.3. The SMILES string of the molecule is O=c1[nH]c2cc(Cl)ccc2c(-c2ccccc2)c1Sc1ncn[nH]1. The third kappa shape index (κ3) is 2.70. The molecule has 0 saturated heterocycles. The van der Waals surface area contributed by atoms with Crippen LogP contribution in [0.2, 0.25) is 5.02 Å². The molecule has 0 amide bonds. The number of rotatable bonds is 3. The molecular formula is C17H11ClN4OS. The van der Waals surface area contributed by atoms with Gasteiger partial charge in [-0.1, -0.05) is 48.0 Å². The van der Waals surface area contributed by atoms with Gasteiger partial charge in [0.05, 0.1) is 10.4 Å². The standard InChI is InChI=1S/C17H11ClN4OS/c18-11-6-7-12-13(8-11)21-16(23)15(24-17-19-9-20-22-17)14(12)10-4-2-1-3-5-10/h1-9H,(H,21,23)(H,19,20,22). The summed E-state index contributed by atoms with van der Waals surface area (Å²) in [6, 6.07) is 15.3. The van der Waals surface area contributed by atoms with Crippen LogP contribution in [-0.4, -0.2) is 20.2 Å². The highest BCUT2D eigenvalue weighted by molar-refractivity contribution is 7.99. The Kier molecular flexibility index (Phi) is 3.84. The number of fused-ring (bicyclic) bond motifs is 1. The van der Waals surface area contributed by atoms with Gasteiger partial charge in [0.2, 0.25) is 0 Å². The molecule has 118 valence electrons.